The number of nitrogens with zero attached hydrogens (tertiary/aromatic N) is 1. The van der Waals surface area contributed by atoms with E-state index in [0.29, 0.717) is 5.54 Å². The highest BCUT2D eigenvalue weighted by Gasteiger charge is 2.42. The molecule has 0 amide bonds. The number of likely N-dealkylation sites (tertiary alicyclic amines) is 1. The molecular weight excluding hydrogens is 182 g/mol. The van der Waals surface area contributed by atoms with E-state index in [1.54, 1.807) is 0 Å². The Morgan fingerprint density at radius 1 is 1.13 bits per heavy atom. The highest BCUT2D eigenvalue weighted by Crippen LogP contribution is 2.43. The second-order valence-electron chi connectivity index (χ2n) is 5.79. The normalized spacial score (nSPS) is 42.6. The monoisotopic (exact) mass is 209 g/mol. The van der Waals surface area contributed by atoms with Crippen molar-refractivity contribution in [1.82, 2.24) is 4.90 Å². The second kappa shape index (κ2) is 4.45. The van der Waals surface area contributed by atoms with E-state index in [0.717, 1.165) is 12.0 Å². The van der Waals surface area contributed by atoms with Gasteiger partial charge in [0.25, 0.3) is 0 Å². The van der Waals surface area contributed by atoms with Gasteiger partial charge in [-0.2, -0.15) is 0 Å². The van der Waals surface area contributed by atoms with Crippen LogP contribution in [0.3, 0.4) is 0 Å². The predicted molar refractivity (Wildman–Crippen MR) is 66.1 cm³/mol. The molecule has 1 saturated carbocycles. The van der Waals surface area contributed by atoms with E-state index in [2.05, 4.69) is 25.7 Å². The number of piperidine rings is 1. The van der Waals surface area contributed by atoms with Gasteiger partial charge in [0, 0.05) is 11.6 Å². The minimum Gasteiger partial charge on any atom is -0.295 e. The molecule has 1 heteroatoms. The third-order valence-corrected chi connectivity index (χ3v) is 5.12. The van der Waals surface area contributed by atoms with Gasteiger partial charge in [-0.25, -0.2) is 0 Å². The summed E-state index contributed by atoms with van der Waals surface area (Å²) in [4.78, 5) is 2.83. The molecule has 3 unspecified atom stereocenters. The Kier molecular flexibility index (Phi) is 3.39. The zero-order valence-corrected chi connectivity index (χ0v) is 10.8. The lowest BCUT2D eigenvalue weighted by atomic mass is 9.71. The van der Waals surface area contributed by atoms with Crippen molar-refractivity contribution in [2.45, 2.75) is 77.3 Å². The highest BCUT2D eigenvalue weighted by atomic mass is 15.2. The maximum absolute atomic E-state index is 2.83. The Hall–Kier alpha value is -0.0400. The van der Waals surface area contributed by atoms with E-state index in [1.807, 2.05) is 0 Å². The lowest BCUT2D eigenvalue weighted by Gasteiger charge is -2.54. The van der Waals surface area contributed by atoms with Crippen molar-refractivity contribution < 1.29 is 0 Å². The Balaban J connectivity index is 2.14. The molecule has 1 aliphatic carbocycles. The Labute approximate surface area is 95.2 Å². The number of rotatable bonds is 2. The van der Waals surface area contributed by atoms with Crippen molar-refractivity contribution in [2.75, 3.05) is 6.54 Å². The molecule has 2 rings (SSSR count). The van der Waals surface area contributed by atoms with Crippen LogP contribution >= 0.6 is 0 Å². The highest BCUT2D eigenvalue weighted by molar-refractivity contribution is 4.98. The van der Waals surface area contributed by atoms with Gasteiger partial charge in [0.05, 0.1) is 0 Å². The Morgan fingerprint density at radius 3 is 2.53 bits per heavy atom. The van der Waals surface area contributed by atoms with E-state index >= 15 is 0 Å². The molecule has 1 aliphatic heterocycles. The fraction of sp³-hybridized carbons (Fsp3) is 1.00. The van der Waals surface area contributed by atoms with Crippen LogP contribution in [0.15, 0.2) is 0 Å². The van der Waals surface area contributed by atoms with Crippen LogP contribution < -0.4 is 0 Å². The molecule has 1 nitrogen and oxygen atoms in total. The lowest BCUT2D eigenvalue weighted by molar-refractivity contribution is -0.0378. The van der Waals surface area contributed by atoms with Crippen LogP contribution in [-0.4, -0.2) is 23.0 Å². The number of hydrogen-bond acceptors (Lipinski definition) is 1. The average Bonchev–Trinajstić information content (AvgIpc) is 2.29. The molecule has 0 aromatic heterocycles. The number of fused-ring (bicyclic) bond motifs is 1. The first-order chi connectivity index (χ1) is 7.21. The van der Waals surface area contributed by atoms with Crippen LogP contribution in [0.5, 0.6) is 0 Å². The first kappa shape index (κ1) is 11.4. The minimum absolute atomic E-state index is 0.507. The molecule has 0 spiro atoms. The van der Waals surface area contributed by atoms with Crippen LogP contribution in [0.1, 0.15) is 65.7 Å². The van der Waals surface area contributed by atoms with Crippen molar-refractivity contribution in [3.63, 3.8) is 0 Å². The van der Waals surface area contributed by atoms with Crippen LogP contribution in [0.2, 0.25) is 0 Å². The first-order valence-corrected chi connectivity index (χ1v) is 6.98. The van der Waals surface area contributed by atoms with Crippen molar-refractivity contribution in [3.05, 3.63) is 0 Å². The molecule has 1 heterocycles. The maximum Gasteiger partial charge on any atom is 0.0181 e. The molecule has 3 atom stereocenters. The largest absolute Gasteiger partial charge is 0.295 e. The van der Waals surface area contributed by atoms with Crippen LogP contribution in [0, 0.1) is 5.92 Å². The molecule has 2 fully saturated rings. The van der Waals surface area contributed by atoms with Crippen molar-refractivity contribution in [1.29, 1.82) is 0 Å². The zero-order chi connectivity index (χ0) is 10.9. The molecule has 15 heavy (non-hydrogen) atoms. The molecule has 0 radical (unpaired) electrons. The fourth-order valence-corrected chi connectivity index (χ4v) is 3.97. The second-order valence-corrected chi connectivity index (χ2v) is 5.79. The van der Waals surface area contributed by atoms with Crippen LogP contribution in [-0.2, 0) is 0 Å². The van der Waals surface area contributed by atoms with E-state index in [1.165, 1.54) is 51.5 Å². The van der Waals surface area contributed by atoms with Gasteiger partial charge in [0.1, 0.15) is 0 Å². The maximum atomic E-state index is 2.83. The molecule has 0 bridgehead atoms. The van der Waals surface area contributed by atoms with Crippen LogP contribution in [0.4, 0.5) is 0 Å². The summed E-state index contributed by atoms with van der Waals surface area (Å²) in [5, 5.41) is 0. The van der Waals surface area contributed by atoms with Gasteiger partial charge in [-0.1, -0.05) is 26.7 Å². The van der Waals surface area contributed by atoms with Gasteiger partial charge in [-0.15, -0.1) is 0 Å². The quantitative estimate of drug-likeness (QED) is 0.668. The summed E-state index contributed by atoms with van der Waals surface area (Å²) < 4.78 is 0. The molecule has 88 valence electrons. The SMILES string of the molecule is CCN1C2CCCCC2CCC1(C)CC. The third kappa shape index (κ3) is 1.95. The lowest BCUT2D eigenvalue weighted by Crippen LogP contribution is -2.58. The summed E-state index contributed by atoms with van der Waals surface area (Å²) >= 11 is 0. The molecule has 2 aliphatic rings. The first-order valence-electron chi connectivity index (χ1n) is 6.98. The molecule has 1 saturated heterocycles. The van der Waals surface area contributed by atoms with E-state index in [4.69, 9.17) is 0 Å². The van der Waals surface area contributed by atoms with Gasteiger partial charge in [-0.3, -0.25) is 4.90 Å². The zero-order valence-electron chi connectivity index (χ0n) is 10.8. The molecular formula is C14H27N. The summed E-state index contributed by atoms with van der Waals surface area (Å²) in [6, 6.07) is 0.919. The van der Waals surface area contributed by atoms with Crippen molar-refractivity contribution in [3.8, 4) is 0 Å². The standard InChI is InChI=1S/C14H27N/c1-4-14(3)11-10-12-8-6-7-9-13(12)15(14)5-2/h12-13H,4-11H2,1-3H3. The topological polar surface area (TPSA) is 3.24 Å². The molecule has 0 aromatic rings. The summed E-state index contributed by atoms with van der Waals surface area (Å²) in [5.41, 5.74) is 0.507. The van der Waals surface area contributed by atoms with Gasteiger partial charge in [0.15, 0.2) is 0 Å². The van der Waals surface area contributed by atoms with Gasteiger partial charge in [-0.05, 0) is 51.5 Å². The summed E-state index contributed by atoms with van der Waals surface area (Å²) in [5.74, 6) is 1.03. The third-order valence-electron chi connectivity index (χ3n) is 5.12. The summed E-state index contributed by atoms with van der Waals surface area (Å²) in [6.07, 6.45) is 10.2. The average molecular weight is 209 g/mol. The molecule has 0 aromatic carbocycles. The van der Waals surface area contributed by atoms with E-state index < -0.39 is 0 Å². The number of hydrogen-bond donors (Lipinski definition) is 0. The molecule has 0 N–H and O–H groups in total. The predicted octanol–water partition coefficient (Wildman–Crippen LogP) is 3.83. The minimum atomic E-state index is 0.507. The Morgan fingerprint density at radius 2 is 1.87 bits per heavy atom. The van der Waals surface area contributed by atoms with Crippen molar-refractivity contribution >= 4 is 0 Å². The van der Waals surface area contributed by atoms with Crippen molar-refractivity contribution in [2.24, 2.45) is 5.92 Å². The summed E-state index contributed by atoms with van der Waals surface area (Å²) in [7, 11) is 0. The van der Waals surface area contributed by atoms with E-state index in [-0.39, 0.29) is 0 Å². The van der Waals surface area contributed by atoms with Gasteiger partial charge >= 0.3 is 0 Å². The Bertz CT molecular complexity index is 213. The fourth-order valence-electron chi connectivity index (χ4n) is 3.97. The van der Waals surface area contributed by atoms with Gasteiger partial charge < -0.3 is 0 Å². The van der Waals surface area contributed by atoms with Crippen LogP contribution in [0.25, 0.3) is 0 Å². The van der Waals surface area contributed by atoms with Gasteiger partial charge in [0.2, 0.25) is 0 Å². The smallest absolute Gasteiger partial charge is 0.0181 e. The summed E-state index contributed by atoms with van der Waals surface area (Å²) in [6.45, 7) is 8.46. The van der Waals surface area contributed by atoms with E-state index in [9.17, 15) is 0 Å².